The largest absolute Gasteiger partial charge is 0.458 e. The Morgan fingerprint density at radius 1 is 1.36 bits per heavy atom. The quantitative estimate of drug-likeness (QED) is 0.391. The van der Waals surface area contributed by atoms with Crippen LogP contribution >= 0.6 is 11.6 Å². The maximum atomic E-state index is 12.0. The van der Waals surface area contributed by atoms with Crippen LogP contribution in [0.25, 0.3) is 5.65 Å². The Balaban J connectivity index is 1.66. The fourth-order valence-electron chi connectivity index (χ4n) is 2.51. The molecule has 0 spiro atoms. The normalized spacial score (nSPS) is 11.0. The van der Waals surface area contributed by atoms with Gasteiger partial charge in [-0.25, -0.2) is 4.98 Å². The Morgan fingerprint density at radius 3 is 2.80 bits per heavy atom. The van der Waals surface area contributed by atoms with E-state index in [1.165, 1.54) is 18.5 Å². The molecule has 0 saturated heterocycles. The summed E-state index contributed by atoms with van der Waals surface area (Å²) in [4.78, 5) is 26.8. The molecule has 0 bridgehead atoms. The molecule has 0 fully saturated rings. The molecule has 3 heterocycles. The van der Waals surface area contributed by atoms with Crippen LogP contribution in [0, 0.1) is 24.0 Å². The Morgan fingerprint density at radius 2 is 2.12 bits per heavy atom. The third kappa shape index (κ3) is 3.45. The van der Waals surface area contributed by atoms with Gasteiger partial charge in [0.25, 0.3) is 0 Å². The molecular weight excluding hydrogens is 350 g/mol. The van der Waals surface area contributed by atoms with E-state index in [-0.39, 0.29) is 24.5 Å². The first kappa shape index (κ1) is 16.9. The van der Waals surface area contributed by atoms with E-state index in [9.17, 15) is 14.9 Å². The summed E-state index contributed by atoms with van der Waals surface area (Å²) in [6.45, 7) is 2.84. The zero-order chi connectivity index (χ0) is 18.1. The van der Waals surface area contributed by atoms with E-state index in [1.807, 2.05) is 0 Å². The van der Waals surface area contributed by atoms with Gasteiger partial charge in [-0.05, 0) is 26.0 Å². The minimum absolute atomic E-state index is 0.0144. The van der Waals surface area contributed by atoms with Gasteiger partial charge in [0.2, 0.25) is 0 Å². The third-order valence-corrected chi connectivity index (χ3v) is 3.87. The van der Waals surface area contributed by atoms with Crippen LogP contribution < -0.4 is 0 Å². The maximum Gasteiger partial charge on any atom is 0.328 e. The van der Waals surface area contributed by atoms with Gasteiger partial charge in [0.15, 0.2) is 0 Å². The van der Waals surface area contributed by atoms with Gasteiger partial charge < -0.3 is 9.14 Å². The van der Waals surface area contributed by atoms with Crippen molar-refractivity contribution < 1.29 is 14.5 Å². The lowest BCUT2D eigenvalue weighted by atomic mass is 10.3. The smallest absolute Gasteiger partial charge is 0.328 e. The first-order valence-electron chi connectivity index (χ1n) is 7.32. The number of fused-ring (bicyclic) bond motifs is 1. The van der Waals surface area contributed by atoms with E-state index < -0.39 is 10.9 Å². The van der Waals surface area contributed by atoms with Gasteiger partial charge in [0, 0.05) is 12.4 Å². The molecule has 0 atom stereocenters. The molecule has 0 N–H and O–H groups in total. The highest BCUT2D eigenvalue weighted by Gasteiger charge is 2.23. The Bertz CT molecular complexity index is 978. The summed E-state index contributed by atoms with van der Waals surface area (Å²) in [5.74, 6) is -0.560. The number of hydrogen-bond acceptors (Lipinski definition) is 6. The summed E-state index contributed by atoms with van der Waals surface area (Å²) < 4.78 is 8.17. The minimum atomic E-state index is -0.560. The molecule has 25 heavy (non-hydrogen) atoms. The molecule has 0 aliphatic carbocycles. The van der Waals surface area contributed by atoms with Gasteiger partial charge in [0.1, 0.15) is 30.2 Å². The van der Waals surface area contributed by atoms with Crippen molar-refractivity contribution in [1.29, 1.82) is 0 Å². The number of rotatable bonds is 5. The van der Waals surface area contributed by atoms with Crippen molar-refractivity contribution in [3.63, 3.8) is 0 Å². The molecule has 0 aromatic carbocycles. The van der Waals surface area contributed by atoms with Crippen molar-refractivity contribution in [1.82, 2.24) is 19.2 Å². The van der Waals surface area contributed by atoms with Crippen LogP contribution in [0.4, 0.5) is 5.69 Å². The number of imidazole rings is 1. The van der Waals surface area contributed by atoms with Crippen molar-refractivity contribution in [2.24, 2.45) is 0 Å². The molecular formula is C15H14ClN5O4. The SMILES string of the molecule is Cc1nn(CC(=O)OCc2cn3cc(Cl)ccc3n2)c(C)c1[N+](=O)[O-]. The summed E-state index contributed by atoms with van der Waals surface area (Å²) in [5, 5.41) is 15.6. The van der Waals surface area contributed by atoms with Gasteiger partial charge in [-0.1, -0.05) is 11.6 Å². The fraction of sp³-hybridized carbons (Fsp3) is 0.267. The van der Waals surface area contributed by atoms with Crippen LogP contribution in [0.15, 0.2) is 24.5 Å². The van der Waals surface area contributed by atoms with Crippen molar-refractivity contribution >= 4 is 28.9 Å². The summed E-state index contributed by atoms with van der Waals surface area (Å²) in [5.41, 5.74) is 1.72. The molecule has 0 aliphatic rings. The molecule has 0 radical (unpaired) electrons. The number of carbonyl (C=O) groups excluding carboxylic acids is 1. The number of carbonyl (C=O) groups is 1. The molecule has 3 aromatic rings. The minimum Gasteiger partial charge on any atom is -0.458 e. The van der Waals surface area contributed by atoms with E-state index in [1.54, 1.807) is 28.9 Å². The number of nitro groups is 1. The Kier molecular flexibility index (Phi) is 4.41. The third-order valence-electron chi connectivity index (χ3n) is 3.65. The van der Waals surface area contributed by atoms with Crippen LogP contribution in [0.3, 0.4) is 0 Å². The van der Waals surface area contributed by atoms with Crippen LogP contribution in [-0.4, -0.2) is 30.1 Å². The molecule has 3 rings (SSSR count). The molecule has 3 aromatic heterocycles. The summed E-state index contributed by atoms with van der Waals surface area (Å²) >= 11 is 5.91. The highest BCUT2D eigenvalue weighted by atomic mass is 35.5. The van der Waals surface area contributed by atoms with Crippen molar-refractivity contribution in [2.75, 3.05) is 0 Å². The number of hydrogen-bond donors (Lipinski definition) is 0. The van der Waals surface area contributed by atoms with E-state index in [4.69, 9.17) is 16.3 Å². The van der Waals surface area contributed by atoms with Crippen LogP contribution in [0.1, 0.15) is 17.1 Å². The van der Waals surface area contributed by atoms with Crippen molar-refractivity contribution in [3.05, 3.63) is 56.7 Å². The van der Waals surface area contributed by atoms with E-state index >= 15 is 0 Å². The topological polar surface area (TPSA) is 105 Å². The predicted octanol–water partition coefficient (Wildman–Crippen LogP) is 2.45. The number of pyridine rings is 1. The highest BCUT2D eigenvalue weighted by molar-refractivity contribution is 6.30. The first-order valence-corrected chi connectivity index (χ1v) is 7.70. The molecule has 9 nitrogen and oxygen atoms in total. The van der Waals surface area contributed by atoms with Crippen LogP contribution in [0.2, 0.25) is 5.02 Å². The summed E-state index contributed by atoms with van der Waals surface area (Å²) in [7, 11) is 0. The zero-order valence-corrected chi connectivity index (χ0v) is 14.2. The zero-order valence-electron chi connectivity index (χ0n) is 13.5. The fourth-order valence-corrected chi connectivity index (χ4v) is 2.68. The maximum absolute atomic E-state index is 12.0. The second-order valence-corrected chi connectivity index (χ2v) is 5.88. The van der Waals surface area contributed by atoms with E-state index in [2.05, 4.69) is 10.1 Å². The van der Waals surface area contributed by atoms with Crippen molar-refractivity contribution in [2.45, 2.75) is 27.0 Å². The second kappa shape index (κ2) is 6.52. The number of halogens is 1. The number of nitrogens with zero attached hydrogens (tertiary/aromatic N) is 5. The molecule has 0 saturated carbocycles. The van der Waals surface area contributed by atoms with Gasteiger partial charge in [-0.2, -0.15) is 5.10 Å². The predicted molar refractivity (Wildman–Crippen MR) is 88.4 cm³/mol. The molecule has 0 unspecified atom stereocenters. The number of aryl methyl sites for hydroxylation is 1. The average Bonchev–Trinajstić information content (AvgIpc) is 3.05. The summed E-state index contributed by atoms with van der Waals surface area (Å²) in [6.07, 6.45) is 3.41. The van der Waals surface area contributed by atoms with Crippen LogP contribution in [0.5, 0.6) is 0 Å². The lowest BCUT2D eigenvalue weighted by Crippen LogP contribution is -2.15. The van der Waals surface area contributed by atoms with Crippen LogP contribution in [-0.2, 0) is 22.7 Å². The van der Waals surface area contributed by atoms with E-state index in [0.29, 0.717) is 22.1 Å². The van der Waals surface area contributed by atoms with Gasteiger partial charge in [0.05, 0.1) is 15.6 Å². The molecule has 0 aliphatic heterocycles. The molecule has 10 heteroatoms. The van der Waals surface area contributed by atoms with Gasteiger partial charge in [-0.3, -0.25) is 19.6 Å². The highest BCUT2D eigenvalue weighted by Crippen LogP contribution is 2.21. The first-order chi connectivity index (χ1) is 11.8. The lowest BCUT2D eigenvalue weighted by molar-refractivity contribution is -0.386. The number of ether oxygens (including phenoxy) is 1. The standard InChI is InChI=1S/C15H14ClN5O4/c1-9-15(21(23)24)10(2)20(18-9)7-14(22)25-8-12-6-19-5-11(16)3-4-13(19)17-12/h3-6H,7-8H2,1-2H3. The van der Waals surface area contributed by atoms with Gasteiger partial charge >= 0.3 is 11.7 Å². The molecule has 130 valence electrons. The Hall–Kier alpha value is -2.94. The summed E-state index contributed by atoms with van der Waals surface area (Å²) in [6, 6.07) is 3.47. The number of esters is 1. The number of aromatic nitrogens is 4. The Labute approximate surface area is 146 Å². The van der Waals surface area contributed by atoms with Crippen molar-refractivity contribution in [3.8, 4) is 0 Å². The van der Waals surface area contributed by atoms with Gasteiger partial charge in [-0.15, -0.1) is 0 Å². The monoisotopic (exact) mass is 363 g/mol. The second-order valence-electron chi connectivity index (χ2n) is 5.44. The van der Waals surface area contributed by atoms with E-state index in [0.717, 1.165) is 0 Å². The lowest BCUT2D eigenvalue weighted by Gasteiger charge is -2.04. The average molecular weight is 364 g/mol. The molecule has 0 amide bonds.